The van der Waals surface area contributed by atoms with Gasteiger partial charge in [-0.3, -0.25) is 0 Å². The maximum atomic E-state index is 6.24. The minimum absolute atomic E-state index is 0.249. The van der Waals surface area contributed by atoms with Crippen LogP contribution in [0.25, 0.3) is 0 Å². The summed E-state index contributed by atoms with van der Waals surface area (Å²) in [5, 5.41) is 3.53. The molecule has 0 saturated carbocycles. The zero-order chi connectivity index (χ0) is 14.0. The van der Waals surface area contributed by atoms with Gasteiger partial charge in [0, 0.05) is 5.38 Å². The van der Waals surface area contributed by atoms with E-state index in [1.165, 1.54) is 0 Å². The fourth-order valence-corrected chi connectivity index (χ4v) is 3.00. The highest BCUT2D eigenvalue weighted by Gasteiger charge is 2.15. The van der Waals surface area contributed by atoms with Crippen molar-refractivity contribution in [1.82, 2.24) is 4.98 Å². The summed E-state index contributed by atoms with van der Waals surface area (Å²) in [5.74, 6) is 1.07. The lowest BCUT2D eigenvalue weighted by Crippen LogP contribution is -2.11. The molecule has 0 radical (unpaired) electrons. The van der Waals surface area contributed by atoms with Gasteiger partial charge < -0.3 is 10.5 Å². The minimum Gasteiger partial charge on any atom is -0.495 e. The fourth-order valence-electron chi connectivity index (χ4n) is 1.73. The highest BCUT2D eigenvalue weighted by Crippen LogP contribution is 2.31. The first-order valence-corrected chi connectivity index (χ1v) is 7.33. The largest absolute Gasteiger partial charge is 0.495 e. The quantitative estimate of drug-likeness (QED) is 0.928. The first-order valence-electron chi connectivity index (χ1n) is 6.07. The predicted octanol–water partition coefficient (Wildman–Crippen LogP) is 3.98. The summed E-state index contributed by atoms with van der Waals surface area (Å²) < 4.78 is 5.14. The van der Waals surface area contributed by atoms with Gasteiger partial charge >= 0.3 is 0 Å². The molecular weight excluding hydrogens is 280 g/mol. The number of hydrogen-bond donors (Lipinski definition) is 1. The summed E-state index contributed by atoms with van der Waals surface area (Å²) in [7, 11) is 1.59. The number of nitrogens with zero attached hydrogens (tertiary/aromatic N) is 1. The zero-order valence-electron chi connectivity index (χ0n) is 11.2. The SMILES string of the molecule is COc1ccc(C(N)c2nc(C(C)C)cs2)cc1Cl. The van der Waals surface area contributed by atoms with Gasteiger partial charge in [0.1, 0.15) is 10.8 Å². The van der Waals surface area contributed by atoms with Gasteiger partial charge in [-0.05, 0) is 23.6 Å². The molecule has 0 aliphatic carbocycles. The Morgan fingerprint density at radius 3 is 2.63 bits per heavy atom. The molecule has 1 aromatic heterocycles. The first-order chi connectivity index (χ1) is 9.02. The van der Waals surface area contributed by atoms with Crippen molar-refractivity contribution in [2.75, 3.05) is 7.11 Å². The Morgan fingerprint density at radius 2 is 2.11 bits per heavy atom. The number of thiazole rings is 1. The first kappa shape index (κ1) is 14.3. The molecule has 2 aromatic rings. The third kappa shape index (κ3) is 3.08. The molecule has 19 heavy (non-hydrogen) atoms. The number of rotatable bonds is 4. The van der Waals surface area contributed by atoms with E-state index in [1.54, 1.807) is 18.4 Å². The Balaban J connectivity index is 2.27. The van der Waals surface area contributed by atoms with Crippen LogP contribution in [0.2, 0.25) is 5.02 Å². The molecule has 0 spiro atoms. The van der Waals surface area contributed by atoms with Crippen LogP contribution in [0.15, 0.2) is 23.6 Å². The van der Waals surface area contributed by atoms with Crippen LogP contribution >= 0.6 is 22.9 Å². The van der Waals surface area contributed by atoms with Gasteiger partial charge in [-0.15, -0.1) is 11.3 Å². The third-order valence-electron chi connectivity index (χ3n) is 2.93. The van der Waals surface area contributed by atoms with E-state index in [4.69, 9.17) is 22.1 Å². The summed E-state index contributed by atoms with van der Waals surface area (Å²) in [6.07, 6.45) is 0. The van der Waals surface area contributed by atoms with Crippen molar-refractivity contribution in [3.8, 4) is 5.75 Å². The maximum Gasteiger partial charge on any atom is 0.137 e. The lowest BCUT2D eigenvalue weighted by molar-refractivity contribution is 0.415. The molecule has 0 aliphatic rings. The van der Waals surface area contributed by atoms with E-state index >= 15 is 0 Å². The van der Waals surface area contributed by atoms with E-state index in [1.807, 2.05) is 18.2 Å². The number of nitrogens with two attached hydrogens (primary N) is 1. The number of hydrogen-bond acceptors (Lipinski definition) is 4. The summed E-state index contributed by atoms with van der Waals surface area (Å²) >= 11 is 7.71. The van der Waals surface area contributed by atoms with E-state index in [-0.39, 0.29) is 6.04 Å². The van der Waals surface area contributed by atoms with Gasteiger partial charge in [-0.1, -0.05) is 31.5 Å². The van der Waals surface area contributed by atoms with Crippen molar-refractivity contribution in [2.24, 2.45) is 5.73 Å². The van der Waals surface area contributed by atoms with Crippen LogP contribution in [0.4, 0.5) is 0 Å². The lowest BCUT2D eigenvalue weighted by Gasteiger charge is -2.11. The van der Waals surface area contributed by atoms with Crippen LogP contribution in [0.3, 0.4) is 0 Å². The Kier molecular flexibility index (Phi) is 4.45. The molecule has 1 heterocycles. The van der Waals surface area contributed by atoms with E-state index in [2.05, 4.69) is 24.2 Å². The summed E-state index contributed by atoms with van der Waals surface area (Å²) in [4.78, 5) is 4.58. The normalized spacial score (nSPS) is 12.7. The smallest absolute Gasteiger partial charge is 0.137 e. The number of halogens is 1. The van der Waals surface area contributed by atoms with Crippen LogP contribution in [-0.4, -0.2) is 12.1 Å². The Bertz CT molecular complexity index is 568. The monoisotopic (exact) mass is 296 g/mol. The van der Waals surface area contributed by atoms with Crippen molar-refractivity contribution < 1.29 is 4.74 Å². The van der Waals surface area contributed by atoms with E-state index < -0.39 is 0 Å². The summed E-state index contributed by atoms with van der Waals surface area (Å²) in [6.45, 7) is 4.24. The molecule has 2 N–H and O–H groups in total. The van der Waals surface area contributed by atoms with Crippen LogP contribution in [-0.2, 0) is 0 Å². The molecule has 1 aromatic carbocycles. The number of ether oxygens (including phenoxy) is 1. The van der Waals surface area contributed by atoms with E-state index in [0.717, 1.165) is 16.3 Å². The molecule has 0 fully saturated rings. The van der Waals surface area contributed by atoms with Crippen LogP contribution in [0.5, 0.6) is 5.75 Å². The molecule has 0 aliphatic heterocycles. The topological polar surface area (TPSA) is 48.1 Å². The van der Waals surface area contributed by atoms with Gasteiger partial charge in [-0.2, -0.15) is 0 Å². The van der Waals surface area contributed by atoms with Crippen molar-refractivity contribution in [1.29, 1.82) is 0 Å². The predicted molar refractivity (Wildman–Crippen MR) is 80.2 cm³/mol. The average molecular weight is 297 g/mol. The van der Waals surface area contributed by atoms with Gasteiger partial charge in [0.15, 0.2) is 0 Å². The second-order valence-corrected chi connectivity index (χ2v) is 5.93. The Labute approximate surface area is 122 Å². The highest BCUT2D eigenvalue weighted by atomic mass is 35.5. The highest BCUT2D eigenvalue weighted by molar-refractivity contribution is 7.09. The lowest BCUT2D eigenvalue weighted by atomic mass is 10.1. The van der Waals surface area contributed by atoms with Crippen molar-refractivity contribution >= 4 is 22.9 Å². The van der Waals surface area contributed by atoms with Crippen LogP contribution in [0, 0.1) is 0 Å². The maximum absolute atomic E-state index is 6.24. The molecule has 1 unspecified atom stereocenters. The second-order valence-electron chi connectivity index (χ2n) is 4.64. The Hall–Kier alpha value is -1.10. The third-order valence-corrected chi connectivity index (χ3v) is 4.17. The molecule has 5 heteroatoms. The van der Waals surface area contributed by atoms with E-state index in [9.17, 15) is 0 Å². The summed E-state index contributed by atoms with van der Waals surface area (Å²) in [5.41, 5.74) is 8.26. The van der Waals surface area contributed by atoms with Gasteiger partial charge in [0.25, 0.3) is 0 Å². The summed E-state index contributed by atoms with van der Waals surface area (Å²) in [6, 6.07) is 5.34. The molecule has 0 bridgehead atoms. The minimum atomic E-state index is -0.249. The van der Waals surface area contributed by atoms with Gasteiger partial charge in [0.2, 0.25) is 0 Å². The molecule has 0 amide bonds. The van der Waals surface area contributed by atoms with Crippen molar-refractivity contribution in [2.45, 2.75) is 25.8 Å². The average Bonchev–Trinajstić information content (AvgIpc) is 2.87. The Morgan fingerprint density at radius 1 is 1.37 bits per heavy atom. The number of benzene rings is 1. The molecule has 2 rings (SSSR count). The van der Waals surface area contributed by atoms with Gasteiger partial charge in [-0.25, -0.2) is 4.98 Å². The van der Waals surface area contributed by atoms with Gasteiger partial charge in [0.05, 0.1) is 23.9 Å². The second kappa shape index (κ2) is 5.90. The molecular formula is C14H17ClN2OS. The van der Waals surface area contributed by atoms with Crippen LogP contribution < -0.4 is 10.5 Å². The fraction of sp³-hybridized carbons (Fsp3) is 0.357. The van der Waals surface area contributed by atoms with Crippen molar-refractivity contribution in [3.63, 3.8) is 0 Å². The van der Waals surface area contributed by atoms with E-state index in [0.29, 0.717) is 16.7 Å². The number of aromatic nitrogens is 1. The molecule has 1 atom stereocenters. The number of methoxy groups -OCH3 is 1. The standard InChI is InChI=1S/C14H17ClN2OS/c1-8(2)11-7-19-14(17-11)13(16)9-4-5-12(18-3)10(15)6-9/h4-8,13H,16H2,1-3H3. The van der Waals surface area contributed by atoms with Crippen LogP contribution in [0.1, 0.15) is 42.1 Å². The zero-order valence-corrected chi connectivity index (χ0v) is 12.8. The molecule has 0 saturated heterocycles. The molecule has 3 nitrogen and oxygen atoms in total. The molecule has 102 valence electrons. The van der Waals surface area contributed by atoms with Crippen molar-refractivity contribution in [3.05, 3.63) is 44.9 Å².